The van der Waals surface area contributed by atoms with Crippen LogP contribution >= 0.6 is 15.9 Å². The third-order valence-corrected chi connectivity index (χ3v) is 4.58. The molecule has 0 aliphatic heterocycles. The van der Waals surface area contributed by atoms with E-state index in [2.05, 4.69) is 80.0 Å². The van der Waals surface area contributed by atoms with Gasteiger partial charge >= 0.3 is 0 Å². The minimum Gasteiger partial charge on any atom is -0.0835 e. The van der Waals surface area contributed by atoms with E-state index in [0.29, 0.717) is 4.83 Å². The van der Waals surface area contributed by atoms with E-state index in [1.54, 1.807) is 0 Å². The van der Waals surface area contributed by atoms with Crippen molar-refractivity contribution in [2.24, 2.45) is 0 Å². The first-order valence-electron chi connectivity index (χ1n) is 6.74. The van der Waals surface area contributed by atoms with E-state index in [9.17, 15) is 0 Å². The van der Waals surface area contributed by atoms with E-state index >= 15 is 0 Å². The number of hydrogen-bond acceptors (Lipinski definition) is 0. The van der Waals surface area contributed by atoms with Crippen LogP contribution in [0.1, 0.15) is 38.2 Å². The van der Waals surface area contributed by atoms with Gasteiger partial charge in [-0.3, -0.25) is 0 Å². The molecule has 0 fully saturated rings. The zero-order valence-corrected chi connectivity index (χ0v) is 13.7. The Morgan fingerprint density at radius 3 is 2.21 bits per heavy atom. The SMILES string of the molecule is Cc1ccc(C)c(C(Br)Cc2ccc(C)c(C)c2)c1. The monoisotopic (exact) mass is 316 g/mol. The zero-order valence-electron chi connectivity index (χ0n) is 12.1. The number of benzene rings is 2. The number of rotatable bonds is 3. The summed E-state index contributed by atoms with van der Waals surface area (Å²) in [5.41, 5.74) is 8.21. The summed E-state index contributed by atoms with van der Waals surface area (Å²) in [6.45, 7) is 8.68. The van der Waals surface area contributed by atoms with Crippen LogP contribution in [0.15, 0.2) is 36.4 Å². The molecule has 19 heavy (non-hydrogen) atoms. The normalized spacial score (nSPS) is 12.5. The van der Waals surface area contributed by atoms with Gasteiger partial charge in [-0.25, -0.2) is 0 Å². The van der Waals surface area contributed by atoms with Crippen molar-refractivity contribution in [2.45, 2.75) is 38.9 Å². The molecule has 0 amide bonds. The molecule has 1 heteroatoms. The van der Waals surface area contributed by atoms with Crippen molar-refractivity contribution in [3.63, 3.8) is 0 Å². The van der Waals surface area contributed by atoms with Crippen LogP contribution in [0.2, 0.25) is 0 Å². The lowest BCUT2D eigenvalue weighted by Crippen LogP contribution is -1.99. The average Bonchev–Trinajstić information content (AvgIpc) is 2.36. The Morgan fingerprint density at radius 2 is 1.53 bits per heavy atom. The fraction of sp³-hybridized carbons (Fsp3) is 0.333. The first-order valence-corrected chi connectivity index (χ1v) is 7.66. The summed E-state index contributed by atoms with van der Waals surface area (Å²) in [7, 11) is 0. The molecule has 0 N–H and O–H groups in total. The van der Waals surface area contributed by atoms with Gasteiger partial charge in [-0.15, -0.1) is 0 Å². The van der Waals surface area contributed by atoms with Crippen molar-refractivity contribution in [3.8, 4) is 0 Å². The molecule has 2 aromatic rings. The largest absolute Gasteiger partial charge is 0.0835 e. The van der Waals surface area contributed by atoms with Crippen molar-refractivity contribution >= 4 is 15.9 Å². The highest BCUT2D eigenvalue weighted by Crippen LogP contribution is 2.30. The molecule has 0 aliphatic rings. The lowest BCUT2D eigenvalue weighted by Gasteiger charge is -2.15. The fourth-order valence-corrected chi connectivity index (χ4v) is 3.21. The second-order valence-electron chi connectivity index (χ2n) is 5.45. The van der Waals surface area contributed by atoms with E-state index < -0.39 is 0 Å². The Balaban J connectivity index is 2.22. The minimum absolute atomic E-state index is 0.384. The standard InChI is InChI=1S/C18H21Br/c1-12-5-6-14(3)17(9-12)18(19)11-16-8-7-13(2)15(4)10-16/h5-10,18H,11H2,1-4H3. The van der Waals surface area contributed by atoms with Gasteiger partial charge in [0.2, 0.25) is 0 Å². The van der Waals surface area contributed by atoms with E-state index in [-0.39, 0.29) is 0 Å². The lowest BCUT2D eigenvalue weighted by atomic mass is 9.97. The van der Waals surface area contributed by atoms with Gasteiger partial charge in [-0.2, -0.15) is 0 Å². The first-order chi connectivity index (χ1) is 8.97. The van der Waals surface area contributed by atoms with E-state index in [1.165, 1.54) is 33.4 Å². The predicted molar refractivity (Wildman–Crippen MR) is 87.2 cm³/mol. The molecular formula is C18H21Br. The van der Waals surface area contributed by atoms with Gasteiger partial charge in [-0.1, -0.05) is 57.9 Å². The molecule has 0 radical (unpaired) electrons. The second kappa shape index (κ2) is 5.92. The maximum atomic E-state index is 3.85. The highest BCUT2D eigenvalue weighted by molar-refractivity contribution is 9.09. The zero-order chi connectivity index (χ0) is 14.0. The molecule has 1 atom stereocenters. The number of alkyl halides is 1. The minimum atomic E-state index is 0.384. The van der Waals surface area contributed by atoms with Gasteiger partial charge in [0.05, 0.1) is 0 Å². The third kappa shape index (κ3) is 3.48. The van der Waals surface area contributed by atoms with Gasteiger partial charge in [-0.05, 0) is 61.9 Å². The quantitative estimate of drug-likeness (QED) is 0.647. The smallest absolute Gasteiger partial charge is 0.0438 e. The maximum absolute atomic E-state index is 3.85. The molecule has 0 bridgehead atoms. The molecule has 2 aromatic carbocycles. The fourth-order valence-electron chi connectivity index (χ4n) is 2.34. The molecule has 2 rings (SSSR count). The Labute approximate surface area is 125 Å². The summed E-state index contributed by atoms with van der Waals surface area (Å²) < 4.78 is 0. The van der Waals surface area contributed by atoms with Gasteiger partial charge in [0.15, 0.2) is 0 Å². The Kier molecular flexibility index (Phi) is 4.46. The van der Waals surface area contributed by atoms with Crippen LogP contribution in [0.5, 0.6) is 0 Å². The van der Waals surface area contributed by atoms with E-state index in [4.69, 9.17) is 0 Å². The first kappa shape index (κ1) is 14.3. The Hall–Kier alpha value is -1.08. The molecule has 100 valence electrons. The molecule has 0 heterocycles. The summed E-state index contributed by atoms with van der Waals surface area (Å²) in [6.07, 6.45) is 1.03. The second-order valence-corrected chi connectivity index (χ2v) is 6.56. The summed E-state index contributed by atoms with van der Waals surface area (Å²) in [5.74, 6) is 0. The number of aryl methyl sites for hydroxylation is 4. The maximum Gasteiger partial charge on any atom is 0.0438 e. The van der Waals surface area contributed by atoms with Gasteiger partial charge < -0.3 is 0 Å². The van der Waals surface area contributed by atoms with Crippen LogP contribution in [0.4, 0.5) is 0 Å². The summed E-state index contributed by atoms with van der Waals surface area (Å²) in [6, 6.07) is 13.4. The Morgan fingerprint density at radius 1 is 0.842 bits per heavy atom. The van der Waals surface area contributed by atoms with Crippen LogP contribution in [0.25, 0.3) is 0 Å². The number of halogens is 1. The van der Waals surface area contributed by atoms with Crippen molar-refractivity contribution in [1.29, 1.82) is 0 Å². The lowest BCUT2D eigenvalue weighted by molar-refractivity contribution is 0.933. The summed E-state index contributed by atoms with van der Waals surface area (Å²) in [4.78, 5) is 0.384. The topological polar surface area (TPSA) is 0 Å². The highest BCUT2D eigenvalue weighted by atomic mass is 79.9. The van der Waals surface area contributed by atoms with Gasteiger partial charge in [0.1, 0.15) is 0 Å². The van der Waals surface area contributed by atoms with Crippen molar-refractivity contribution in [2.75, 3.05) is 0 Å². The molecule has 0 saturated carbocycles. The molecule has 1 unspecified atom stereocenters. The Bertz CT molecular complexity index is 584. The molecule has 0 aromatic heterocycles. The summed E-state index contributed by atoms with van der Waals surface area (Å²) in [5, 5.41) is 0. The van der Waals surface area contributed by atoms with Crippen LogP contribution in [-0.4, -0.2) is 0 Å². The van der Waals surface area contributed by atoms with Crippen molar-refractivity contribution in [3.05, 3.63) is 69.8 Å². The molecular weight excluding hydrogens is 296 g/mol. The van der Waals surface area contributed by atoms with Crippen molar-refractivity contribution in [1.82, 2.24) is 0 Å². The van der Waals surface area contributed by atoms with E-state index in [0.717, 1.165) is 6.42 Å². The van der Waals surface area contributed by atoms with Gasteiger partial charge in [0, 0.05) is 4.83 Å². The van der Waals surface area contributed by atoms with Crippen LogP contribution in [-0.2, 0) is 6.42 Å². The van der Waals surface area contributed by atoms with E-state index in [1.807, 2.05) is 0 Å². The molecule has 0 saturated heterocycles. The molecule has 0 nitrogen and oxygen atoms in total. The number of hydrogen-bond donors (Lipinski definition) is 0. The third-order valence-electron chi connectivity index (χ3n) is 3.76. The summed E-state index contributed by atoms with van der Waals surface area (Å²) >= 11 is 3.85. The molecule has 0 spiro atoms. The molecule has 0 aliphatic carbocycles. The van der Waals surface area contributed by atoms with Crippen LogP contribution in [0.3, 0.4) is 0 Å². The van der Waals surface area contributed by atoms with Gasteiger partial charge in [0.25, 0.3) is 0 Å². The van der Waals surface area contributed by atoms with Crippen molar-refractivity contribution < 1.29 is 0 Å². The highest BCUT2D eigenvalue weighted by Gasteiger charge is 2.11. The predicted octanol–water partition coefficient (Wildman–Crippen LogP) is 5.60. The average molecular weight is 317 g/mol. The van der Waals surface area contributed by atoms with Crippen LogP contribution in [0, 0.1) is 27.7 Å². The van der Waals surface area contributed by atoms with Crippen LogP contribution < -0.4 is 0 Å².